The number of carbonyl (C=O) groups is 2. The molecule has 0 N–H and O–H groups in total. The summed E-state index contributed by atoms with van der Waals surface area (Å²) in [4.78, 5) is 32.3. The maximum absolute atomic E-state index is 14.2. The standard InChI is InChI=1S/C25H37IN2O4/c1-2-3-4-8-14-27-16-11-21(25(12-13-26)31-17-18-32-25)24(22(27)29)19-20-10-7-5-6-9-15-28(20)23(24)30/h2,7,10,20-21H,1,3-6,8-9,11-19H2/b10-7-/t20-,21+,24+/m0/s1. The number of hydrogen-bond donors (Lipinski definition) is 0. The van der Waals surface area contributed by atoms with Gasteiger partial charge in [-0.15, -0.1) is 6.58 Å². The number of unbranched alkanes of at least 4 members (excludes halogenated alkanes) is 2. The zero-order chi connectivity index (χ0) is 22.6. The highest BCUT2D eigenvalue weighted by atomic mass is 127. The molecule has 1 spiro atoms. The highest BCUT2D eigenvalue weighted by Gasteiger charge is 2.68. The highest BCUT2D eigenvalue weighted by molar-refractivity contribution is 14.1. The summed E-state index contributed by atoms with van der Waals surface area (Å²) >= 11 is 2.35. The van der Waals surface area contributed by atoms with Gasteiger partial charge in [0.25, 0.3) is 0 Å². The quantitative estimate of drug-likeness (QED) is 0.149. The van der Waals surface area contributed by atoms with E-state index in [1.807, 2.05) is 15.9 Å². The lowest BCUT2D eigenvalue weighted by atomic mass is 9.64. The van der Waals surface area contributed by atoms with Crippen LogP contribution in [0.25, 0.3) is 0 Å². The summed E-state index contributed by atoms with van der Waals surface area (Å²) in [6, 6.07) is -0.00646. The molecule has 4 aliphatic rings. The minimum atomic E-state index is -1.08. The second-order valence-corrected chi connectivity index (χ2v) is 10.6. The Hall–Kier alpha value is -0.930. The predicted molar refractivity (Wildman–Crippen MR) is 132 cm³/mol. The van der Waals surface area contributed by atoms with Crippen molar-refractivity contribution in [3.05, 3.63) is 24.8 Å². The summed E-state index contributed by atoms with van der Waals surface area (Å²) in [6.07, 6.45) is 14.3. The Bertz CT molecular complexity index is 735. The summed E-state index contributed by atoms with van der Waals surface area (Å²) in [5.74, 6) is -1.05. The molecule has 0 saturated carbocycles. The molecule has 6 nitrogen and oxygen atoms in total. The van der Waals surface area contributed by atoms with E-state index in [1.165, 1.54) is 0 Å². The largest absolute Gasteiger partial charge is 0.347 e. The Morgan fingerprint density at radius 3 is 2.72 bits per heavy atom. The highest BCUT2D eigenvalue weighted by Crippen LogP contribution is 2.55. The third-order valence-corrected chi connectivity index (χ3v) is 8.28. The summed E-state index contributed by atoms with van der Waals surface area (Å²) < 4.78 is 13.4. The van der Waals surface area contributed by atoms with Crippen molar-refractivity contribution in [3.63, 3.8) is 0 Å². The molecule has 2 amide bonds. The minimum Gasteiger partial charge on any atom is -0.347 e. The van der Waals surface area contributed by atoms with E-state index >= 15 is 0 Å². The first kappa shape index (κ1) is 24.2. The van der Waals surface area contributed by atoms with Crippen LogP contribution >= 0.6 is 22.6 Å². The second kappa shape index (κ2) is 10.6. The van der Waals surface area contributed by atoms with Crippen LogP contribution in [0.3, 0.4) is 0 Å². The molecule has 3 fully saturated rings. The zero-order valence-corrected chi connectivity index (χ0v) is 21.3. The second-order valence-electron chi connectivity index (χ2n) is 9.53. The topological polar surface area (TPSA) is 59.1 Å². The molecule has 0 aromatic carbocycles. The molecule has 4 aliphatic heterocycles. The first-order valence-corrected chi connectivity index (χ1v) is 13.8. The van der Waals surface area contributed by atoms with Crippen molar-refractivity contribution in [1.29, 1.82) is 0 Å². The van der Waals surface area contributed by atoms with Crippen LogP contribution in [-0.2, 0) is 19.1 Å². The van der Waals surface area contributed by atoms with E-state index in [1.54, 1.807) is 0 Å². The molecule has 0 radical (unpaired) electrons. The zero-order valence-electron chi connectivity index (χ0n) is 19.1. The number of allylic oxidation sites excluding steroid dienone is 2. The molecular formula is C25H37IN2O4. The van der Waals surface area contributed by atoms with Crippen molar-refractivity contribution in [2.24, 2.45) is 11.3 Å². The van der Waals surface area contributed by atoms with Crippen molar-refractivity contribution >= 4 is 34.4 Å². The maximum atomic E-state index is 14.2. The molecule has 4 heterocycles. The van der Waals surface area contributed by atoms with Gasteiger partial charge >= 0.3 is 0 Å². The number of nitrogens with zero attached hydrogens (tertiary/aromatic N) is 2. The lowest BCUT2D eigenvalue weighted by Crippen LogP contribution is -2.63. The molecule has 0 aromatic rings. The van der Waals surface area contributed by atoms with E-state index in [9.17, 15) is 9.59 Å². The minimum absolute atomic E-state index is 0.00410. The monoisotopic (exact) mass is 556 g/mol. The third kappa shape index (κ3) is 4.29. The Morgan fingerprint density at radius 2 is 1.97 bits per heavy atom. The van der Waals surface area contributed by atoms with Gasteiger partial charge in [0.1, 0.15) is 5.41 Å². The lowest BCUT2D eigenvalue weighted by molar-refractivity contribution is -0.233. The van der Waals surface area contributed by atoms with Crippen LogP contribution in [-0.4, -0.2) is 70.7 Å². The number of alkyl halides is 1. The molecule has 4 rings (SSSR count). The van der Waals surface area contributed by atoms with Gasteiger partial charge in [0.2, 0.25) is 11.8 Å². The number of carbonyl (C=O) groups excluding carboxylic acids is 2. The fourth-order valence-corrected chi connectivity index (χ4v) is 6.98. The number of rotatable bonds is 8. The van der Waals surface area contributed by atoms with Crippen LogP contribution < -0.4 is 0 Å². The smallest absolute Gasteiger partial charge is 0.239 e. The van der Waals surface area contributed by atoms with E-state index in [4.69, 9.17) is 9.47 Å². The van der Waals surface area contributed by atoms with Crippen molar-refractivity contribution in [2.75, 3.05) is 37.3 Å². The van der Waals surface area contributed by atoms with Crippen molar-refractivity contribution in [2.45, 2.75) is 69.6 Å². The van der Waals surface area contributed by atoms with E-state index < -0.39 is 11.2 Å². The first-order valence-electron chi connectivity index (χ1n) is 12.3. The first-order chi connectivity index (χ1) is 15.6. The maximum Gasteiger partial charge on any atom is 0.239 e. The average molecular weight is 556 g/mol. The molecule has 0 unspecified atom stereocenters. The molecule has 3 atom stereocenters. The van der Waals surface area contributed by atoms with Crippen LogP contribution in [0.4, 0.5) is 0 Å². The van der Waals surface area contributed by atoms with E-state index in [0.717, 1.165) is 55.9 Å². The fraction of sp³-hybridized carbons (Fsp3) is 0.760. The normalized spacial score (nSPS) is 33.3. The van der Waals surface area contributed by atoms with Crippen LogP contribution in [0.5, 0.6) is 0 Å². The van der Waals surface area contributed by atoms with E-state index in [0.29, 0.717) is 39.1 Å². The van der Waals surface area contributed by atoms with Gasteiger partial charge in [-0.05, 0) is 51.4 Å². The molecule has 178 valence electrons. The van der Waals surface area contributed by atoms with Crippen LogP contribution in [0.2, 0.25) is 0 Å². The van der Waals surface area contributed by atoms with Gasteiger partial charge in [-0.3, -0.25) is 9.59 Å². The number of ether oxygens (including phenoxy) is 2. The third-order valence-electron chi connectivity index (χ3n) is 7.74. The van der Waals surface area contributed by atoms with Gasteiger partial charge in [0.05, 0.1) is 19.3 Å². The van der Waals surface area contributed by atoms with Crippen molar-refractivity contribution < 1.29 is 19.1 Å². The summed E-state index contributed by atoms with van der Waals surface area (Å²) in [6.45, 7) is 6.97. The summed E-state index contributed by atoms with van der Waals surface area (Å²) in [5.41, 5.74) is -1.08. The molecule has 32 heavy (non-hydrogen) atoms. The molecule has 7 heteroatoms. The van der Waals surface area contributed by atoms with Gasteiger partial charge < -0.3 is 19.3 Å². The molecule has 0 aromatic heterocycles. The average Bonchev–Trinajstić information content (AvgIpc) is 3.33. The fourth-order valence-electron chi connectivity index (χ4n) is 6.23. The summed E-state index contributed by atoms with van der Waals surface area (Å²) in [5, 5.41) is 0. The van der Waals surface area contributed by atoms with Crippen molar-refractivity contribution in [1.82, 2.24) is 9.80 Å². The lowest BCUT2D eigenvalue weighted by Gasteiger charge is -2.49. The van der Waals surface area contributed by atoms with Gasteiger partial charge in [-0.1, -0.05) is 40.8 Å². The Morgan fingerprint density at radius 1 is 1.16 bits per heavy atom. The van der Waals surface area contributed by atoms with Crippen LogP contribution in [0.1, 0.15) is 57.8 Å². The van der Waals surface area contributed by atoms with Gasteiger partial charge in [-0.2, -0.15) is 0 Å². The van der Waals surface area contributed by atoms with Crippen LogP contribution in [0, 0.1) is 11.3 Å². The number of hydrogen-bond acceptors (Lipinski definition) is 4. The van der Waals surface area contributed by atoms with E-state index in [2.05, 4.69) is 41.3 Å². The van der Waals surface area contributed by atoms with Gasteiger partial charge in [-0.25, -0.2) is 0 Å². The Labute approximate surface area is 205 Å². The SMILES string of the molecule is C=CCCCCN1CC[C@@H](C2(CCI)OCCO2)[C@]2(C[C@@H]3/C=C\CCCCN3C2=O)C1=O. The number of amides is 2. The number of halogens is 1. The molecule has 0 bridgehead atoms. The van der Waals surface area contributed by atoms with Crippen LogP contribution in [0.15, 0.2) is 24.8 Å². The Balaban J connectivity index is 1.69. The molecular weight excluding hydrogens is 519 g/mol. The predicted octanol–water partition coefficient (Wildman–Crippen LogP) is 4.09. The van der Waals surface area contributed by atoms with Gasteiger partial charge in [0.15, 0.2) is 5.79 Å². The van der Waals surface area contributed by atoms with Crippen molar-refractivity contribution in [3.8, 4) is 0 Å². The number of piperidine rings is 1. The number of likely N-dealkylation sites (tertiary alicyclic amines) is 1. The Kier molecular flexibility index (Phi) is 7.98. The van der Waals surface area contributed by atoms with E-state index in [-0.39, 0.29) is 23.8 Å². The molecule has 3 saturated heterocycles. The summed E-state index contributed by atoms with van der Waals surface area (Å²) in [7, 11) is 0. The number of fused-ring (bicyclic) bond motifs is 1. The van der Waals surface area contributed by atoms with Gasteiger partial charge in [0, 0.05) is 36.4 Å². The molecule has 0 aliphatic carbocycles.